The number of hydrogen-bond donors (Lipinski definition) is 1. The molecule has 1 aliphatic heterocycles. The van der Waals surface area contributed by atoms with Crippen molar-refractivity contribution in [3.63, 3.8) is 0 Å². The smallest absolute Gasteiger partial charge is 0.334 e. The summed E-state index contributed by atoms with van der Waals surface area (Å²) in [6, 6.07) is 9.33. The zero-order chi connectivity index (χ0) is 11.5. The highest BCUT2D eigenvalue weighted by atomic mass is 19.2. The zero-order valence-electron chi connectivity index (χ0n) is 8.51. The summed E-state index contributed by atoms with van der Waals surface area (Å²) in [7, 11) is 0. The van der Waals surface area contributed by atoms with Gasteiger partial charge in [0, 0.05) is 6.54 Å². The topological polar surface area (TPSA) is 43.8 Å². The van der Waals surface area contributed by atoms with Gasteiger partial charge >= 0.3 is 5.97 Å². The predicted octanol–water partition coefficient (Wildman–Crippen LogP) is 1.57. The van der Waals surface area contributed by atoms with Crippen molar-refractivity contribution in [2.75, 3.05) is 6.54 Å². The third-order valence-corrected chi connectivity index (χ3v) is 2.37. The first-order chi connectivity index (χ1) is 7.66. The molecule has 1 heterocycles. The molecule has 4 nitrogen and oxygen atoms in total. The lowest BCUT2D eigenvalue weighted by atomic mass is 10.2. The van der Waals surface area contributed by atoms with Crippen molar-refractivity contribution >= 4 is 5.97 Å². The number of benzene rings is 1. The molecule has 0 aromatic heterocycles. The van der Waals surface area contributed by atoms with E-state index < -0.39 is 5.97 Å². The average Bonchev–Trinajstić information content (AvgIpc) is 2.62. The van der Waals surface area contributed by atoms with E-state index >= 15 is 0 Å². The molecule has 1 N–H and O–H groups in total. The molecule has 0 saturated carbocycles. The Hall–Kier alpha value is -1.88. The van der Waals surface area contributed by atoms with Crippen molar-refractivity contribution in [2.45, 2.75) is 6.54 Å². The highest BCUT2D eigenvalue weighted by Crippen LogP contribution is 2.18. The van der Waals surface area contributed by atoms with Gasteiger partial charge in [0.15, 0.2) is 0 Å². The van der Waals surface area contributed by atoms with Gasteiger partial charge in [0.1, 0.15) is 0 Å². The van der Waals surface area contributed by atoms with E-state index in [1.54, 1.807) is 0 Å². The van der Waals surface area contributed by atoms with E-state index in [-0.39, 0.29) is 12.1 Å². The number of nitrogens with zero attached hydrogens (tertiary/aromatic N) is 2. The van der Waals surface area contributed by atoms with E-state index in [0.717, 1.165) is 11.8 Å². The molecule has 0 spiro atoms. The molecular formula is C11H11FN2O2. The van der Waals surface area contributed by atoms with Gasteiger partial charge in [-0.1, -0.05) is 34.8 Å². The maximum Gasteiger partial charge on any atom is 0.334 e. The Morgan fingerprint density at radius 2 is 2.06 bits per heavy atom. The average molecular weight is 222 g/mol. The normalized spacial score (nSPS) is 16.3. The minimum atomic E-state index is -1.08. The lowest BCUT2D eigenvalue weighted by Crippen LogP contribution is -2.29. The van der Waals surface area contributed by atoms with Gasteiger partial charge in [0.2, 0.25) is 0 Å². The summed E-state index contributed by atoms with van der Waals surface area (Å²) in [5, 5.41) is 10.4. The summed E-state index contributed by atoms with van der Waals surface area (Å²) >= 11 is 0. The number of halogens is 1. The Labute approximate surface area is 92.1 Å². The molecule has 84 valence electrons. The molecule has 0 amide bonds. The van der Waals surface area contributed by atoms with E-state index in [4.69, 9.17) is 5.11 Å². The van der Waals surface area contributed by atoms with Gasteiger partial charge in [-0.25, -0.2) is 4.79 Å². The predicted molar refractivity (Wildman–Crippen MR) is 55.5 cm³/mol. The second kappa shape index (κ2) is 4.32. The second-order valence-corrected chi connectivity index (χ2v) is 3.56. The van der Waals surface area contributed by atoms with Crippen molar-refractivity contribution < 1.29 is 14.4 Å². The van der Waals surface area contributed by atoms with Crippen LogP contribution in [-0.2, 0) is 11.3 Å². The fourth-order valence-corrected chi connectivity index (χ4v) is 1.56. The molecular weight excluding hydrogens is 211 g/mol. The number of rotatable bonds is 3. The highest BCUT2D eigenvalue weighted by molar-refractivity contribution is 5.87. The third-order valence-electron chi connectivity index (χ3n) is 2.37. The van der Waals surface area contributed by atoms with Crippen LogP contribution in [-0.4, -0.2) is 27.9 Å². The lowest BCUT2D eigenvalue weighted by molar-refractivity contribution is -0.133. The van der Waals surface area contributed by atoms with Crippen molar-refractivity contribution in [3.05, 3.63) is 47.7 Å². The minimum absolute atomic E-state index is 0.0541. The van der Waals surface area contributed by atoms with E-state index in [0.29, 0.717) is 11.8 Å². The Balaban J connectivity index is 2.02. The number of hydrazine groups is 1. The van der Waals surface area contributed by atoms with Crippen LogP contribution in [0.1, 0.15) is 5.56 Å². The third kappa shape index (κ3) is 2.20. The second-order valence-electron chi connectivity index (χ2n) is 3.56. The molecule has 2 rings (SSSR count). The van der Waals surface area contributed by atoms with Crippen LogP contribution in [0, 0.1) is 0 Å². The number of aliphatic carboxylic acids is 1. The molecule has 0 bridgehead atoms. The molecule has 0 aliphatic carbocycles. The Kier molecular flexibility index (Phi) is 2.87. The number of carboxylic acid groups (broad SMARTS) is 1. The molecule has 0 atom stereocenters. The van der Waals surface area contributed by atoms with Crippen LogP contribution in [0.25, 0.3) is 0 Å². The van der Waals surface area contributed by atoms with E-state index in [1.165, 1.54) is 5.01 Å². The Morgan fingerprint density at radius 1 is 1.38 bits per heavy atom. The number of hydrogen-bond acceptors (Lipinski definition) is 3. The number of carboxylic acids is 1. The van der Waals surface area contributed by atoms with Crippen molar-refractivity contribution in [1.29, 1.82) is 0 Å². The molecule has 0 saturated heterocycles. The van der Waals surface area contributed by atoms with Crippen LogP contribution in [0.4, 0.5) is 4.48 Å². The standard InChI is InChI=1S/C11H11FN2O2/c12-14-8-10(11(15)16)7-13(14)6-9-4-2-1-3-5-9/h1-5,8H,6-7H2,(H,15,16). The van der Waals surface area contributed by atoms with Crippen LogP contribution >= 0.6 is 0 Å². The maximum absolute atomic E-state index is 13.3. The van der Waals surface area contributed by atoms with Gasteiger partial charge in [0.05, 0.1) is 18.3 Å². The van der Waals surface area contributed by atoms with Gasteiger partial charge in [-0.15, -0.1) is 5.23 Å². The fourth-order valence-electron chi connectivity index (χ4n) is 1.56. The van der Waals surface area contributed by atoms with Gasteiger partial charge < -0.3 is 5.11 Å². The summed E-state index contributed by atoms with van der Waals surface area (Å²) in [6.45, 7) is 0.436. The molecule has 1 aromatic rings. The first-order valence-corrected chi connectivity index (χ1v) is 4.84. The maximum atomic E-state index is 13.3. The van der Waals surface area contributed by atoms with E-state index in [9.17, 15) is 9.28 Å². The van der Waals surface area contributed by atoms with Crippen molar-refractivity contribution in [1.82, 2.24) is 10.2 Å². The highest BCUT2D eigenvalue weighted by Gasteiger charge is 2.25. The van der Waals surface area contributed by atoms with E-state index in [2.05, 4.69) is 0 Å². The molecule has 16 heavy (non-hydrogen) atoms. The van der Waals surface area contributed by atoms with Crippen LogP contribution in [0.5, 0.6) is 0 Å². The fraction of sp³-hybridized carbons (Fsp3) is 0.182. The van der Waals surface area contributed by atoms with Gasteiger partial charge in [-0.2, -0.15) is 5.01 Å². The van der Waals surface area contributed by atoms with Crippen molar-refractivity contribution in [3.8, 4) is 0 Å². The first-order valence-electron chi connectivity index (χ1n) is 4.84. The monoisotopic (exact) mass is 222 g/mol. The van der Waals surface area contributed by atoms with E-state index in [1.807, 2.05) is 30.3 Å². The van der Waals surface area contributed by atoms with Gasteiger partial charge in [-0.3, -0.25) is 0 Å². The molecule has 5 heteroatoms. The quantitative estimate of drug-likeness (QED) is 0.788. The molecule has 0 unspecified atom stereocenters. The zero-order valence-corrected chi connectivity index (χ0v) is 8.51. The number of carbonyl (C=O) groups is 1. The summed E-state index contributed by atoms with van der Waals surface area (Å²) in [5.41, 5.74) is 0.989. The molecule has 1 aromatic carbocycles. The SMILES string of the molecule is O=C(O)C1=CN(F)N(Cc2ccccc2)C1. The lowest BCUT2D eigenvalue weighted by Gasteiger charge is -2.20. The first kappa shape index (κ1) is 10.6. The molecule has 0 radical (unpaired) electrons. The summed E-state index contributed by atoms with van der Waals surface area (Å²) in [5.74, 6) is -1.08. The minimum Gasteiger partial charge on any atom is -0.478 e. The van der Waals surface area contributed by atoms with Gasteiger partial charge in [-0.05, 0) is 5.56 Å². The molecule has 0 fully saturated rings. The van der Waals surface area contributed by atoms with Crippen LogP contribution < -0.4 is 0 Å². The van der Waals surface area contributed by atoms with Gasteiger partial charge in [0.25, 0.3) is 0 Å². The summed E-state index contributed by atoms with van der Waals surface area (Å²) in [4.78, 5) is 10.7. The summed E-state index contributed by atoms with van der Waals surface area (Å²) in [6.07, 6.45) is 0.991. The molecule has 1 aliphatic rings. The van der Waals surface area contributed by atoms with Crippen molar-refractivity contribution in [2.24, 2.45) is 0 Å². The summed E-state index contributed by atoms with van der Waals surface area (Å²) < 4.78 is 13.3. The van der Waals surface area contributed by atoms with Crippen LogP contribution in [0.15, 0.2) is 42.1 Å². The Morgan fingerprint density at radius 3 is 2.62 bits per heavy atom. The van der Waals surface area contributed by atoms with Crippen LogP contribution in [0.3, 0.4) is 0 Å². The van der Waals surface area contributed by atoms with Crippen LogP contribution in [0.2, 0.25) is 0 Å². The largest absolute Gasteiger partial charge is 0.478 e. The Bertz CT molecular complexity index is 419.